The van der Waals surface area contributed by atoms with Crippen molar-refractivity contribution in [2.24, 2.45) is 0 Å². The smallest absolute Gasteiger partial charge is 0.163 e. The second-order valence-corrected chi connectivity index (χ2v) is 5.96. The van der Waals surface area contributed by atoms with Gasteiger partial charge in [0, 0.05) is 15.6 Å². The van der Waals surface area contributed by atoms with Crippen LogP contribution in [0.3, 0.4) is 0 Å². The molecule has 0 spiro atoms. The van der Waals surface area contributed by atoms with Gasteiger partial charge in [-0.05, 0) is 41.5 Å². The lowest BCUT2D eigenvalue weighted by Crippen LogP contribution is -2.02. The maximum Gasteiger partial charge on any atom is 0.163 e. The monoisotopic (exact) mass is 358 g/mol. The lowest BCUT2D eigenvalue weighted by atomic mass is 10.0. The second kappa shape index (κ2) is 8.68. The van der Waals surface area contributed by atoms with Crippen molar-refractivity contribution in [2.45, 2.75) is 58.8 Å². The first kappa shape index (κ1) is 15.7. The molecule has 100 valence electrons. The number of unbranched alkanes of at least 4 members (excludes halogenated alkanes) is 5. The Kier molecular flexibility index (Phi) is 7.56. The van der Waals surface area contributed by atoms with E-state index in [2.05, 4.69) is 42.5 Å². The molecule has 18 heavy (non-hydrogen) atoms. The molecule has 2 heteroatoms. The lowest BCUT2D eigenvalue weighted by Gasteiger charge is -2.06. The van der Waals surface area contributed by atoms with Gasteiger partial charge in [-0.2, -0.15) is 0 Å². The molecule has 0 aromatic heterocycles. The zero-order chi connectivity index (χ0) is 13.4. The number of hydrogen-bond donors (Lipinski definition) is 0. The molecule has 0 aliphatic heterocycles. The fourth-order valence-corrected chi connectivity index (χ4v) is 2.72. The Morgan fingerprint density at radius 1 is 1.11 bits per heavy atom. The van der Waals surface area contributed by atoms with Crippen molar-refractivity contribution in [3.8, 4) is 0 Å². The van der Waals surface area contributed by atoms with Crippen LogP contribution in [0.2, 0.25) is 0 Å². The fraction of sp³-hybridized carbons (Fsp3) is 0.562. The van der Waals surface area contributed by atoms with Crippen LogP contribution in [-0.4, -0.2) is 5.78 Å². The first-order chi connectivity index (χ1) is 8.66. The van der Waals surface area contributed by atoms with Crippen molar-refractivity contribution in [1.82, 2.24) is 0 Å². The van der Waals surface area contributed by atoms with Crippen molar-refractivity contribution in [3.05, 3.63) is 32.9 Å². The van der Waals surface area contributed by atoms with Crippen molar-refractivity contribution in [3.63, 3.8) is 0 Å². The molecule has 0 fully saturated rings. The molecular formula is C16H23IO. The van der Waals surface area contributed by atoms with Crippen LogP contribution in [0, 0.1) is 10.5 Å². The SMILES string of the molecule is CCCCCCCCC(=O)c1cccc(C)c1I. The maximum atomic E-state index is 12.1. The molecule has 1 aromatic rings. The maximum absolute atomic E-state index is 12.1. The van der Waals surface area contributed by atoms with E-state index in [0.29, 0.717) is 12.2 Å². The summed E-state index contributed by atoms with van der Waals surface area (Å²) in [7, 11) is 0. The quantitative estimate of drug-likeness (QED) is 0.339. The summed E-state index contributed by atoms with van der Waals surface area (Å²) >= 11 is 2.28. The minimum atomic E-state index is 0.304. The Morgan fingerprint density at radius 3 is 2.50 bits per heavy atom. The number of Topliss-reactive ketones (excluding diaryl/α,β-unsaturated/α-hetero) is 1. The van der Waals surface area contributed by atoms with Crippen LogP contribution in [0.15, 0.2) is 18.2 Å². The normalized spacial score (nSPS) is 10.6. The molecule has 1 rings (SSSR count). The third kappa shape index (κ3) is 5.09. The topological polar surface area (TPSA) is 17.1 Å². The molecule has 0 bridgehead atoms. The van der Waals surface area contributed by atoms with Crippen molar-refractivity contribution < 1.29 is 4.79 Å². The van der Waals surface area contributed by atoms with Gasteiger partial charge in [-0.25, -0.2) is 0 Å². The zero-order valence-electron chi connectivity index (χ0n) is 11.5. The summed E-state index contributed by atoms with van der Waals surface area (Å²) in [4.78, 5) is 12.1. The second-order valence-electron chi connectivity index (χ2n) is 4.88. The molecule has 0 heterocycles. The average molecular weight is 358 g/mol. The summed E-state index contributed by atoms with van der Waals surface area (Å²) < 4.78 is 1.12. The highest BCUT2D eigenvalue weighted by Gasteiger charge is 2.10. The van der Waals surface area contributed by atoms with E-state index in [4.69, 9.17) is 0 Å². The van der Waals surface area contributed by atoms with E-state index >= 15 is 0 Å². The van der Waals surface area contributed by atoms with Gasteiger partial charge in [0.2, 0.25) is 0 Å². The number of halogens is 1. The summed E-state index contributed by atoms with van der Waals surface area (Å²) in [5.41, 5.74) is 2.11. The Balaban J connectivity index is 2.35. The minimum absolute atomic E-state index is 0.304. The number of carbonyl (C=O) groups is 1. The van der Waals surface area contributed by atoms with Crippen LogP contribution in [0.1, 0.15) is 67.8 Å². The Labute approximate surface area is 125 Å². The average Bonchev–Trinajstić information content (AvgIpc) is 2.36. The highest BCUT2D eigenvalue weighted by molar-refractivity contribution is 14.1. The lowest BCUT2D eigenvalue weighted by molar-refractivity contribution is 0.0978. The van der Waals surface area contributed by atoms with Gasteiger partial charge in [0.25, 0.3) is 0 Å². The van der Waals surface area contributed by atoms with E-state index in [1.54, 1.807) is 0 Å². The van der Waals surface area contributed by atoms with E-state index in [0.717, 1.165) is 15.6 Å². The fourth-order valence-electron chi connectivity index (χ4n) is 2.06. The standard InChI is InChI=1S/C16H23IO/c1-3-4-5-6-7-8-12-15(18)14-11-9-10-13(2)16(14)17/h9-11H,3-8,12H2,1-2H3. The Bertz CT molecular complexity index is 385. The molecule has 1 aromatic carbocycles. The molecule has 1 nitrogen and oxygen atoms in total. The predicted octanol–water partition coefficient (Wildman–Crippen LogP) is 5.53. The van der Waals surface area contributed by atoms with Gasteiger partial charge in [0.1, 0.15) is 0 Å². The number of benzene rings is 1. The molecule has 0 atom stereocenters. The molecule has 0 aliphatic rings. The summed E-state index contributed by atoms with van der Waals surface area (Å²) in [6.45, 7) is 4.28. The van der Waals surface area contributed by atoms with E-state index in [1.807, 2.05) is 12.1 Å². The summed E-state index contributed by atoms with van der Waals surface area (Å²) in [6, 6.07) is 5.99. The third-order valence-electron chi connectivity index (χ3n) is 3.25. The van der Waals surface area contributed by atoms with Gasteiger partial charge in [-0.3, -0.25) is 4.79 Å². The molecule has 0 N–H and O–H groups in total. The van der Waals surface area contributed by atoms with Gasteiger partial charge in [-0.15, -0.1) is 0 Å². The summed E-state index contributed by atoms with van der Waals surface area (Å²) in [5.74, 6) is 0.304. The number of rotatable bonds is 8. The molecule has 0 aliphatic carbocycles. The van der Waals surface area contributed by atoms with Gasteiger partial charge < -0.3 is 0 Å². The van der Waals surface area contributed by atoms with E-state index < -0.39 is 0 Å². The van der Waals surface area contributed by atoms with Gasteiger partial charge in [0.15, 0.2) is 5.78 Å². The highest BCUT2D eigenvalue weighted by atomic mass is 127. The van der Waals surface area contributed by atoms with Gasteiger partial charge in [0.05, 0.1) is 0 Å². The largest absolute Gasteiger partial charge is 0.294 e. The predicted molar refractivity (Wildman–Crippen MR) is 86.2 cm³/mol. The Morgan fingerprint density at radius 2 is 1.78 bits per heavy atom. The zero-order valence-corrected chi connectivity index (χ0v) is 13.6. The number of ketones is 1. The first-order valence-corrected chi connectivity index (χ1v) is 8.03. The van der Waals surface area contributed by atoms with Gasteiger partial charge >= 0.3 is 0 Å². The number of hydrogen-bond acceptors (Lipinski definition) is 1. The molecule has 0 unspecified atom stereocenters. The van der Waals surface area contributed by atoms with Crippen molar-refractivity contribution in [1.29, 1.82) is 0 Å². The molecular weight excluding hydrogens is 335 g/mol. The Hall–Kier alpha value is -0.380. The van der Waals surface area contributed by atoms with E-state index in [9.17, 15) is 4.79 Å². The number of aryl methyl sites for hydroxylation is 1. The van der Waals surface area contributed by atoms with Crippen LogP contribution in [0.5, 0.6) is 0 Å². The minimum Gasteiger partial charge on any atom is -0.294 e. The van der Waals surface area contributed by atoms with Crippen molar-refractivity contribution in [2.75, 3.05) is 0 Å². The molecule has 0 saturated heterocycles. The molecule has 0 amide bonds. The molecule has 0 saturated carbocycles. The summed E-state index contributed by atoms with van der Waals surface area (Å²) in [6.07, 6.45) is 8.11. The summed E-state index contributed by atoms with van der Waals surface area (Å²) in [5, 5.41) is 0. The van der Waals surface area contributed by atoms with Crippen LogP contribution >= 0.6 is 22.6 Å². The highest BCUT2D eigenvalue weighted by Crippen LogP contribution is 2.19. The molecule has 0 radical (unpaired) electrons. The van der Waals surface area contributed by atoms with Crippen molar-refractivity contribution >= 4 is 28.4 Å². The third-order valence-corrected chi connectivity index (χ3v) is 4.68. The van der Waals surface area contributed by atoms with Crippen LogP contribution < -0.4 is 0 Å². The van der Waals surface area contributed by atoms with Crippen LogP contribution in [0.25, 0.3) is 0 Å². The van der Waals surface area contributed by atoms with Crippen LogP contribution in [-0.2, 0) is 0 Å². The van der Waals surface area contributed by atoms with E-state index in [1.165, 1.54) is 37.7 Å². The number of carbonyl (C=O) groups excluding carboxylic acids is 1. The van der Waals surface area contributed by atoms with Crippen LogP contribution in [0.4, 0.5) is 0 Å². The van der Waals surface area contributed by atoms with E-state index in [-0.39, 0.29) is 0 Å². The first-order valence-electron chi connectivity index (χ1n) is 6.95. The van der Waals surface area contributed by atoms with Gasteiger partial charge in [-0.1, -0.05) is 57.2 Å².